The van der Waals surface area contributed by atoms with Gasteiger partial charge in [0, 0.05) is 56.6 Å². The Hall–Kier alpha value is -3.94. The quantitative estimate of drug-likeness (QED) is 0.583. The Labute approximate surface area is 217 Å². The predicted octanol–water partition coefficient (Wildman–Crippen LogP) is 3.35. The van der Waals surface area contributed by atoms with Crippen LogP contribution >= 0.6 is 0 Å². The Morgan fingerprint density at radius 2 is 1.84 bits per heavy atom. The standard InChI is InChI=1S/C29H33N5O3/c1-20-8-6-9-21(16-20)17-26(35)33-15-13-25-24(19-33)27(31-32(25)2)29(37)34-14-7-10-22(18-34)28(36)30-23-11-4-3-5-12-23/h3-6,8-9,11-12,16,22H,7,10,13-15,17-19H2,1-2H3,(H,30,36). The Kier molecular flexibility index (Phi) is 7.08. The van der Waals surface area contributed by atoms with Crippen LogP contribution in [0.2, 0.25) is 0 Å². The van der Waals surface area contributed by atoms with Crippen LogP contribution in [0.4, 0.5) is 5.69 Å². The average molecular weight is 500 g/mol. The molecule has 0 aliphatic carbocycles. The van der Waals surface area contributed by atoms with Gasteiger partial charge in [0.15, 0.2) is 5.69 Å². The highest BCUT2D eigenvalue weighted by atomic mass is 16.2. The molecule has 0 spiro atoms. The minimum Gasteiger partial charge on any atom is -0.338 e. The maximum Gasteiger partial charge on any atom is 0.274 e. The molecule has 0 bridgehead atoms. The van der Waals surface area contributed by atoms with E-state index in [4.69, 9.17) is 0 Å². The molecule has 3 heterocycles. The smallest absolute Gasteiger partial charge is 0.274 e. The molecule has 1 atom stereocenters. The van der Waals surface area contributed by atoms with Crippen molar-refractivity contribution < 1.29 is 14.4 Å². The van der Waals surface area contributed by atoms with Crippen LogP contribution in [0.15, 0.2) is 54.6 Å². The van der Waals surface area contributed by atoms with Crippen LogP contribution in [0.1, 0.15) is 45.7 Å². The molecule has 0 saturated carbocycles. The maximum atomic E-state index is 13.6. The molecule has 0 radical (unpaired) electrons. The minimum atomic E-state index is -0.273. The number of piperidine rings is 1. The van der Waals surface area contributed by atoms with Crippen molar-refractivity contribution in [2.75, 3.05) is 25.0 Å². The Balaban J connectivity index is 1.28. The van der Waals surface area contributed by atoms with Crippen LogP contribution in [-0.4, -0.2) is 56.9 Å². The fourth-order valence-electron chi connectivity index (χ4n) is 5.38. The predicted molar refractivity (Wildman–Crippen MR) is 141 cm³/mol. The van der Waals surface area contributed by atoms with Gasteiger partial charge in [-0.25, -0.2) is 0 Å². The number of amides is 3. The van der Waals surface area contributed by atoms with Crippen molar-refractivity contribution in [3.8, 4) is 0 Å². The van der Waals surface area contributed by atoms with E-state index in [9.17, 15) is 14.4 Å². The number of nitrogens with zero attached hydrogens (tertiary/aromatic N) is 4. The number of aryl methyl sites for hydroxylation is 2. The lowest BCUT2D eigenvalue weighted by atomic mass is 9.96. The lowest BCUT2D eigenvalue weighted by Crippen LogP contribution is -2.44. The van der Waals surface area contributed by atoms with E-state index in [-0.39, 0.29) is 23.6 Å². The van der Waals surface area contributed by atoms with Gasteiger partial charge in [-0.3, -0.25) is 19.1 Å². The Morgan fingerprint density at radius 1 is 1.03 bits per heavy atom. The zero-order valence-electron chi connectivity index (χ0n) is 21.4. The van der Waals surface area contributed by atoms with Crippen molar-refractivity contribution in [2.45, 2.75) is 39.2 Å². The number of benzene rings is 2. The number of carbonyl (C=O) groups is 3. The number of carbonyl (C=O) groups excluding carboxylic acids is 3. The number of para-hydroxylation sites is 1. The molecular formula is C29H33N5O3. The zero-order valence-corrected chi connectivity index (χ0v) is 21.4. The summed E-state index contributed by atoms with van der Waals surface area (Å²) in [5.74, 6) is -0.458. The molecule has 2 aliphatic heterocycles. The van der Waals surface area contributed by atoms with Crippen molar-refractivity contribution in [1.82, 2.24) is 19.6 Å². The summed E-state index contributed by atoms with van der Waals surface area (Å²) in [5, 5.41) is 7.55. The third-order valence-electron chi connectivity index (χ3n) is 7.36. The molecule has 37 heavy (non-hydrogen) atoms. The first-order valence-corrected chi connectivity index (χ1v) is 12.9. The summed E-state index contributed by atoms with van der Waals surface area (Å²) >= 11 is 0. The molecule has 1 unspecified atom stereocenters. The highest BCUT2D eigenvalue weighted by Crippen LogP contribution is 2.26. The van der Waals surface area contributed by atoms with E-state index >= 15 is 0 Å². The first-order valence-electron chi connectivity index (χ1n) is 12.9. The second kappa shape index (κ2) is 10.6. The van der Waals surface area contributed by atoms with Crippen molar-refractivity contribution in [1.29, 1.82) is 0 Å². The Bertz CT molecular complexity index is 1320. The number of likely N-dealkylation sites (tertiary alicyclic amines) is 1. The van der Waals surface area contributed by atoms with Gasteiger partial charge in [-0.1, -0.05) is 48.0 Å². The molecule has 1 aromatic heterocycles. The molecule has 3 amide bonds. The number of anilines is 1. The number of rotatable bonds is 5. The average Bonchev–Trinajstić information content (AvgIpc) is 3.24. The topological polar surface area (TPSA) is 87.5 Å². The lowest BCUT2D eigenvalue weighted by Gasteiger charge is -2.32. The van der Waals surface area contributed by atoms with Gasteiger partial charge in [0.25, 0.3) is 5.91 Å². The van der Waals surface area contributed by atoms with Crippen molar-refractivity contribution in [2.24, 2.45) is 13.0 Å². The first kappa shape index (κ1) is 24.7. The van der Waals surface area contributed by atoms with Gasteiger partial charge in [0.05, 0.1) is 12.3 Å². The number of aromatic nitrogens is 2. The lowest BCUT2D eigenvalue weighted by molar-refractivity contribution is -0.131. The van der Waals surface area contributed by atoms with Crippen LogP contribution < -0.4 is 5.32 Å². The molecular weight excluding hydrogens is 466 g/mol. The number of hydrogen-bond donors (Lipinski definition) is 1. The van der Waals surface area contributed by atoms with E-state index in [0.717, 1.165) is 40.9 Å². The van der Waals surface area contributed by atoms with E-state index < -0.39 is 0 Å². The number of fused-ring (bicyclic) bond motifs is 1. The third-order valence-corrected chi connectivity index (χ3v) is 7.36. The zero-order chi connectivity index (χ0) is 25.9. The fraction of sp³-hybridized carbons (Fsp3) is 0.379. The van der Waals surface area contributed by atoms with E-state index in [0.29, 0.717) is 44.7 Å². The molecule has 2 aromatic carbocycles. The summed E-state index contributed by atoms with van der Waals surface area (Å²) in [6.45, 7) is 3.95. The van der Waals surface area contributed by atoms with Crippen LogP contribution in [0.3, 0.4) is 0 Å². The van der Waals surface area contributed by atoms with Gasteiger partial charge in [0.1, 0.15) is 0 Å². The molecule has 1 fully saturated rings. The number of hydrogen-bond acceptors (Lipinski definition) is 4. The van der Waals surface area contributed by atoms with Gasteiger partial charge in [0.2, 0.25) is 11.8 Å². The molecule has 5 rings (SSSR count). The molecule has 192 valence electrons. The van der Waals surface area contributed by atoms with E-state index in [1.54, 1.807) is 9.58 Å². The molecule has 3 aromatic rings. The second-order valence-electron chi connectivity index (χ2n) is 10.1. The van der Waals surface area contributed by atoms with Crippen LogP contribution in [0, 0.1) is 12.8 Å². The Morgan fingerprint density at radius 3 is 2.62 bits per heavy atom. The highest BCUT2D eigenvalue weighted by molar-refractivity contribution is 5.96. The van der Waals surface area contributed by atoms with Gasteiger partial charge in [-0.2, -0.15) is 5.10 Å². The van der Waals surface area contributed by atoms with E-state index in [2.05, 4.69) is 10.4 Å². The minimum absolute atomic E-state index is 0.0501. The van der Waals surface area contributed by atoms with Crippen LogP contribution in [0.25, 0.3) is 0 Å². The second-order valence-corrected chi connectivity index (χ2v) is 10.1. The van der Waals surface area contributed by atoms with Crippen molar-refractivity contribution >= 4 is 23.4 Å². The summed E-state index contributed by atoms with van der Waals surface area (Å²) in [7, 11) is 1.85. The van der Waals surface area contributed by atoms with Crippen LogP contribution in [-0.2, 0) is 36.0 Å². The van der Waals surface area contributed by atoms with Gasteiger partial charge in [-0.15, -0.1) is 0 Å². The van der Waals surface area contributed by atoms with E-state index in [1.807, 2.05) is 73.5 Å². The maximum absolute atomic E-state index is 13.6. The van der Waals surface area contributed by atoms with E-state index in [1.165, 1.54) is 0 Å². The number of nitrogens with one attached hydrogen (secondary N) is 1. The largest absolute Gasteiger partial charge is 0.338 e. The summed E-state index contributed by atoms with van der Waals surface area (Å²) in [4.78, 5) is 43.2. The summed E-state index contributed by atoms with van der Waals surface area (Å²) < 4.78 is 1.77. The normalized spacial score (nSPS) is 17.3. The summed E-state index contributed by atoms with van der Waals surface area (Å²) in [5.41, 5.74) is 5.10. The molecule has 1 N–H and O–H groups in total. The monoisotopic (exact) mass is 499 g/mol. The summed E-state index contributed by atoms with van der Waals surface area (Å²) in [6.07, 6.45) is 2.50. The molecule has 8 nitrogen and oxygen atoms in total. The van der Waals surface area contributed by atoms with Crippen molar-refractivity contribution in [3.05, 3.63) is 82.7 Å². The van der Waals surface area contributed by atoms with Crippen LogP contribution in [0.5, 0.6) is 0 Å². The summed E-state index contributed by atoms with van der Waals surface area (Å²) in [6, 6.07) is 17.4. The van der Waals surface area contributed by atoms with Gasteiger partial charge >= 0.3 is 0 Å². The molecule has 1 saturated heterocycles. The fourth-order valence-corrected chi connectivity index (χ4v) is 5.38. The van der Waals surface area contributed by atoms with Gasteiger partial charge < -0.3 is 15.1 Å². The van der Waals surface area contributed by atoms with Gasteiger partial charge in [-0.05, 0) is 37.5 Å². The SMILES string of the molecule is Cc1cccc(CC(=O)N2CCc3c(c(C(=O)N4CCCC(C(=O)Nc5ccccc5)C4)nn3C)C2)c1. The first-order chi connectivity index (χ1) is 17.9. The van der Waals surface area contributed by atoms with Crippen molar-refractivity contribution in [3.63, 3.8) is 0 Å². The molecule has 8 heteroatoms. The molecule has 2 aliphatic rings. The highest BCUT2D eigenvalue weighted by Gasteiger charge is 2.34. The third kappa shape index (κ3) is 5.43.